The molecule has 1 aromatic rings. The van der Waals surface area contributed by atoms with E-state index in [1.165, 1.54) is 0 Å². The highest BCUT2D eigenvalue weighted by Gasteiger charge is 1.99. The number of hydrogen-bond donors (Lipinski definition) is 2. The van der Waals surface area contributed by atoms with Gasteiger partial charge >= 0.3 is 5.97 Å². The zero-order chi connectivity index (χ0) is 11.8. The maximum atomic E-state index is 10.3. The SMILES string of the molecule is CCNc1ccc(CCCCC(=O)O)nn1. The van der Waals surface area contributed by atoms with Crippen molar-refractivity contribution in [1.82, 2.24) is 10.2 Å². The van der Waals surface area contributed by atoms with E-state index >= 15 is 0 Å². The van der Waals surface area contributed by atoms with Gasteiger partial charge < -0.3 is 10.4 Å². The topological polar surface area (TPSA) is 75.1 Å². The molecule has 0 saturated heterocycles. The third kappa shape index (κ3) is 4.72. The van der Waals surface area contributed by atoms with E-state index in [1.807, 2.05) is 19.1 Å². The lowest BCUT2D eigenvalue weighted by Gasteiger charge is -2.02. The van der Waals surface area contributed by atoms with E-state index in [4.69, 9.17) is 5.11 Å². The van der Waals surface area contributed by atoms with Gasteiger partial charge in [-0.2, -0.15) is 5.10 Å². The summed E-state index contributed by atoms with van der Waals surface area (Å²) in [4.78, 5) is 10.3. The van der Waals surface area contributed by atoms with Gasteiger partial charge in [-0.1, -0.05) is 0 Å². The Labute approximate surface area is 94.9 Å². The summed E-state index contributed by atoms with van der Waals surface area (Å²) in [5, 5.41) is 19.6. The van der Waals surface area contributed by atoms with Crippen LogP contribution in [0.25, 0.3) is 0 Å². The molecule has 1 rings (SSSR count). The minimum atomic E-state index is -0.742. The molecule has 0 aliphatic carbocycles. The molecule has 2 N–H and O–H groups in total. The number of carbonyl (C=O) groups is 1. The maximum Gasteiger partial charge on any atom is 0.303 e. The largest absolute Gasteiger partial charge is 0.481 e. The molecule has 88 valence electrons. The zero-order valence-corrected chi connectivity index (χ0v) is 9.44. The molecule has 0 aromatic carbocycles. The van der Waals surface area contributed by atoms with Gasteiger partial charge in [0, 0.05) is 13.0 Å². The lowest BCUT2D eigenvalue weighted by molar-refractivity contribution is -0.137. The van der Waals surface area contributed by atoms with Crippen molar-refractivity contribution >= 4 is 11.8 Å². The smallest absolute Gasteiger partial charge is 0.303 e. The Morgan fingerprint density at radius 3 is 2.75 bits per heavy atom. The van der Waals surface area contributed by atoms with E-state index in [9.17, 15) is 4.79 Å². The summed E-state index contributed by atoms with van der Waals surface area (Å²) in [6.45, 7) is 2.83. The number of aliphatic carboxylic acids is 1. The number of rotatable bonds is 7. The van der Waals surface area contributed by atoms with E-state index in [0.29, 0.717) is 6.42 Å². The van der Waals surface area contributed by atoms with Crippen molar-refractivity contribution < 1.29 is 9.90 Å². The number of nitrogens with zero attached hydrogens (tertiary/aromatic N) is 2. The van der Waals surface area contributed by atoms with Gasteiger partial charge in [-0.15, -0.1) is 5.10 Å². The zero-order valence-electron chi connectivity index (χ0n) is 9.44. The van der Waals surface area contributed by atoms with Crippen LogP contribution in [-0.4, -0.2) is 27.8 Å². The normalized spacial score (nSPS) is 10.1. The molecule has 0 saturated carbocycles. The Bertz CT molecular complexity index is 325. The van der Waals surface area contributed by atoms with Crippen LogP contribution in [0.15, 0.2) is 12.1 Å². The number of hydrogen-bond acceptors (Lipinski definition) is 4. The monoisotopic (exact) mass is 223 g/mol. The van der Waals surface area contributed by atoms with Gasteiger partial charge in [0.25, 0.3) is 0 Å². The molecule has 16 heavy (non-hydrogen) atoms. The minimum absolute atomic E-state index is 0.225. The molecule has 5 nitrogen and oxygen atoms in total. The Balaban J connectivity index is 2.29. The third-order valence-electron chi connectivity index (χ3n) is 2.15. The van der Waals surface area contributed by atoms with Crippen LogP contribution < -0.4 is 5.32 Å². The number of aryl methyl sites for hydroxylation is 1. The lowest BCUT2D eigenvalue weighted by Crippen LogP contribution is -2.02. The minimum Gasteiger partial charge on any atom is -0.481 e. The van der Waals surface area contributed by atoms with Gasteiger partial charge in [-0.25, -0.2) is 0 Å². The van der Waals surface area contributed by atoms with E-state index in [2.05, 4.69) is 15.5 Å². The Morgan fingerprint density at radius 2 is 2.19 bits per heavy atom. The number of aromatic nitrogens is 2. The molecular weight excluding hydrogens is 206 g/mol. The lowest BCUT2D eigenvalue weighted by atomic mass is 10.1. The van der Waals surface area contributed by atoms with Crippen molar-refractivity contribution in [3.05, 3.63) is 17.8 Å². The van der Waals surface area contributed by atoms with E-state index in [0.717, 1.165) is 30.9 Å². The van der Waals surface area contributed by atoms with E-state index in [1.54, 1.807) is 0 Å². The highest BCUT2D eigenvalue weighted by molar-refractivity contribution is 5.66. The van der Waals surface area contributed by atoms with Crippen molar-refractivity contribution in [1.29, 1.82) is 0 Å². The van der Waals surface area contributed by atoms with Crippen LogP contribution in [0.1, 0.15) is 31.9 Å². The van der Waals surface area contributed by atoms with Crippen molar-refractivity contribution in [3.63, 3.8) is 0 Å². The summed E-state index contributed by atoms with van der Waals surface area (Å²) < 4.78 is 0. The molecule has 5 heteroatoms. The first kappa shape index (κ1) is 12.4. The van der Waals surface area contributed by atoms with Gasteiger partial charge in [0.1, 0.15) is 5.82 Å². The standard InChI is InChI=1S/C11H17N3O2/c1-2-12-10-8-7-9(13-14-10)5-3-4-6-11(15)16/h7-8H,2-6H2,1H3,(H,12,14)(H,15,16). The number of anilines is 1. The molecular formula is C11H17N3O2. The second-order valence-electron chi connectivity index (χ2n) is 3.54. The second-order valence-corrected chi connectivity index (χ2v) is 3.54. The van der Waals surface area contributed by atoms with Crippen molar-refractivity contribution in [3.8, 4) is 0 Å². The summed E-state index contributed by atoms with van der Waals surface area (Å²) in [6, 6.07) is 3.81. The van der Waals surface area contributed by atoms with Crippen molar-refractivity contribution in [2.45, 2.75) is 32.6 Å². The van der Waals surface area contributed by atoms with Crippen LogP contribution in [0, 0.1) is 0 Å². The Kier molecular flexibility index (Phi) is 5.25. The van der Waals surface area contributed by atoms with Gasteiger partial charge in [0.2, 0.25) is 0 Å². The van der Waals surface area contributed by atoms with Gasteiger partial charge in [-0.05, 0) is 38.3 Å². The summed E-state index contributed by atoms with van der Waals surface area (Å²) in [5.74, 6) is 0.0327. The number of carboxylic acids is 1. The first-order valence-electron chi connectivity index (χ1n) is 5.50. The molecule has 0 bridgehead atoms. The fourth-order valence-corrected chi connectivity index (χ4v) is 1.35. The van der Waals surface area contributed by atoms with Crippen LogP contribution in [0.3, 0.4) is 0 Å². The first-order valence-corrected chi connectivity index (χ1v) is 5.50. The first-order chi connectivity index (χ1) is 7.72. The van der Waals surface area contributed by atoms with Crippen LogP contribution in [0.2, 0.25) is 0 Å². The highest BCUT2D eigenvalue weighted by atomic mass is 16.4. The molecule has 0 atom stereocenters. The third-order valence-corrected chi connectivity index (χ3v) is 2.15. The predicted octanol–water partition coefficient (Wildman–Crippen LogP) is 1.71. The fraction of sp³-hybridized carbons (Fsp3) is 0.545. The second kappa shape index (κ2) is 6.76. The predicted molar refractivity (Wildman–Crippen MR) is 61.4 cm³/mol. The molecule has 0 unspecified atom stereocenters. The molecule has 0 fully saturated rings. The molecule has 0 spiro atoms. The van der Waals surface area contributed by atoms with Gasteiger partial charge in [0.05, 0.1) is 5.69 Å². The van der Waals surface area contributed by atoms with Crippen molar-refractivity contribution in [2.24, 2.45) is 0 Å². The van der Waals surface area contributed by atoms with Gasteiger partial charge in [0.15, 0.2) is 0 Å². The maximum absolute atomic E-state index is 10.3. The molecule has 0 amide bonds. The van der Waals surface area contributed by atoms with Crippen LogP contribution in [-0.2, 0) is 11.2 Å². The molecule has 1 heterocycles. The van der Waals surface area contributed by atoms with E-state index < -0.39 is 5.97 Å². The Morgan fingerprint density at radius 1 is 1.38 bits per heavy atom. The molecule has 0 aliphatic rings. The van der Waals surface area contributed by atoms with Crippen molar-refractivity contribution in [2.75, 3.05) is 11.9 Å². The molecule has 1 aromatic heterocycles. The van der Waals surface area contributed by atoms with Gasteiger partial charge in [-0.3, -0.25) is 4.79 Å². The summed E-state index contributed by atoms with van der Waals surface area (Å²) in [6.07, 6.45) is 2.53. The number of carboxylic acid groups (broad SMARTS) is 1. The summed E-state index contributed by atoms with van der Waals surface area (Å²) in [5.41, 5.74) is 0.909. The number of nitrogens with one attached hydrogen (secondary N) is 1. The summed E-state index contributed by atoms with van der Waals surface area (Å²) >= 11 is 0. The van der Waals surface area contributed by atoms with Crippen LogP contribution in [0.4, 0.5) is 5.82 Å². The average Bonchev–Trinajstić information content (AvgIpc) is 2.27. The highest BCUT2D eigenvalue weighted by Crippen LogP contribution is 2.06. The van der Waals surface area contributed by atoms with E-state index in [-0.39, 0.29) is 6.42 Å². The quantitative estimate of drug-likeness (QED) is 0.688. The summed E-state index contributed by atoms with van der Waals surface area (Å²) in [7, 11) is 0. The number of unbranched alkanes of at least 4 members (excludes halogenated alkanes) is 1. The Hall–Kier alpha value is -1.65. The molecule has 0 radical (unpaired) electrons. The average molecular weight is 223 g/mol. The fourth-order valence-electron chi connectivity index (χ4n) is 1.35. The van der Waals surface area contributed by atoms with Crippen LogP contribution in [0.5, 0.6) is 0 Å². The molecule has 0 aliphatic heterocycles. The van der Waals surface area contributed by atoms with Crippen LogP contribution >= 0.6 is 0 Å².